The van der Waals surface area contributed by atoms with Gasteiger partial charge in [-0.25, -0.2) is 4.79 Å². The van der Waals surface area contributed by atoms with E-state index in [9.17, 15) is 9.59 Å². The predicted octanol–water partition coefficient (Wildman–Crippen LogP) is 2.46. The number of hydrogen-bond acceptors (Lipinski definition) is 2. The maximum Gasteiger partial charge on any atom is 0.317 e. The highest BCUT2D eigenvalue weighted by Gasteiger charge is 2.23. The molecule has 1 aliphatic rings. The monoisotopic (exact) mass is 270 g/mol. The topological polar surface area (TPSA) is 69.6 Å². The summed E-state index contributed by atoms with van der Waals surface area (Å²) in [5, 5.41) is 11.8. The number of rotatable bonds is 5. The first-order valence-corrected chi connectivity index (χ1v) is 7.31. The molecule has 2 unspecified atom stereocenters. The van der Waals surface area contributed by atoms with Crippen LogP contribution in [-0.2, 0) is 4.79 Å². The first kappa shape index (κ1) is 15.8. The van der Waals surface area contributed by atoms with E-state index >= 15 is 0 Å². The maximum atomic E-state index is 12.1. The minimum atomic E-state index is -0.867. The minimum Gasteiger partial charge on any atom is -0.481 e. The Hall–Kier alpha value is -1.26. The summed E-state index contributed by atoms with van der Waals surface area (Å²) in [6, 6.07) is 0.108. The van der Waals surface area contributed by atoms with Crippen molar-refractivity contribution in [3.8, 4) is 0 Å². The molecule has 0 saturated heterocycles. The molecule has 1 rings (SSSR count). The molecule has 5 nitrogen and oxygen atoms in total. The standard InChI is InChI=1S/C14H26N2O3/c1-3-16(10-9-13(17)18)14(19)15-12-8-6-4-5-7-11(12)2/h11-12H,3-10H2,1-2H3,(H,15,19)(H,17,18). The minimum absolute atomic E-state index is 0.00147. The largest absolute Gasteiger partial charge is 0.481 e. The molecule has 0 aromatic carbocycles. The van der Waals surface area contributed by atoms with Crippen molar-refractivity contribution in [3.63, 3.8) is 0 Å². The zero-order valence-corrected chi connectivity index (χ0v) is 12.0. The lowest BCUT2D eigenvalue weighted by Gasteiger charge is -2.27. The molecule has 0 heterocycles. The molecule has 0 spiro atoms. The van der Waals surface area contributed by atoms with E-state index < -0.39 is 5.97 Å². The Morgan fingerprint density at radius 2 is 1.95 bits per heavy atom. The molecular weight excluding hydrogens is 244 g/mol. The third-order valence-corrected chi connectivity index (χ3v) is 3.93. The summed E-state index contributed by atoms with van der Waals surface area (Å²) in [6.45, 7) is 4.88. The second-order valence-corrected chi connectivity index (χ2v) is 5.39. The van der Waals surface area contributed by atoms with Gasteiger partial charge in [-0.3, -0.25) is 4.79 Å². The van der Waals surface area contributed by atoms with Gasteiger partial charge in [-0.05, 0) is 25.7 Å². The van der Waals surface area contributed by atoms with Crippen molar-refractivity contribution in [2.75, 3.05) is 13.1 Å². The third kappa shape index (κ3) is 5.49. The van der Waals surface area contributed by atoms with Crippen molar-refractivity contribution in [3.05, 3.63) is 0 Å². The van der Waals surface area contributed by atoms with Crippen molar-refractivity contribution in [1.29, 1.82) is 0 Å². The Labute approximate surface area is 115 Å². The summed E-state index contributed by atoms with van der Waals surface area (Å²) in [5.41, 5.74) is 0. The van der Waals surface area contributed by atoms with Crippen LogP contribution < -0.4 is 5.32 Å². The number of carboxylic acids is 1. The number of carbonyl (C=O) groups is 2. The van der Waals surface area contributed by atoms with Crippen LogP contribution in [-0.4, -0.2) is 41.1 Å². The van der Waals surface area contributed by atoms with Gasteiger partial charge >= 0.3 is 12.0 Å². The molecule has 0 bridgehead atoms. The van der Waals surface area contributed by atoms with E-state index in [-0.39, 0.29) is 25.0 Å². The number of carbonyl (C=O) groups excluding carboxylic acids is 1. The number of nitrogens with zero attached hydrogens (tertiary/aromatic N) is 1. The van der Waals surface area contributed by atoms with Crippen molar-refractivity contribution in [1.82, 2.24) is 10.2 Å². The van der Waals surface area contributed by atoms with Crippen LogP contribution in [0.2, 0.25) is 0 Å². The van der Waals surface area contributed by atoms with Gasteiger partial charge in [-0.2, -0.15) is 0 Å². The lowest BCUT2D eigenvalue weighted by atomic mass is 9.97. The molecule has 2 atom stereocenters. The molecule has 1 aliphatic carbocycles. The van der Waals surface area contributed by atoms with Crippen LogP contribution in [0.3, 0.4) is 0 Å². The highest BCUT2D eigenvalue weighted by atomic mass is 16.4. The highest BCUT2D eigenvalue weighted by molar-refractivity contribution is 5.75. The number of amides is 2. The molecule has 0 radical (unpaired) electrons. The number of urea groups is 1. The SMILES string of the molecule is CCN(CCC(=O)O)C(=O)NC1CCCCCC1C. The van der Waals surface area contributed by atoms with Gasteiger partial charge < -0.3 is 15.3 Å². The van der Waals surface area contributed by atoms with E-state index in [1.54, 1.807) is 4.90 Å². The molecule has 0 aliphatic heterocycles. The van der Waals surface area contributed by atoms with E-state index in [0.717, 1.165) is 19.3 Å². The van der Waals surface area contributed by atoms with Gasteiger partial charge in [0.25, 0.3) is 0 Å². The Balaban J connectivity index is 2.47. The number of aliphatic carboxylic acids is 1. The Bertz CT molecular complexity index is 307. The molecule has 110 valence electrons. The third-order valence-electron chi connectivity index (χ3n) is 3.93. The Kier molecular flexibility index (Phi) is 6.67. The molecule has 5 heteroatoms. The van der Waals surface area contributed by atoms with Crippen molar-refractivity contribution in [2.24, 2.45) is 5.92 Å². The summed E-state index contributed by atoms with van der Waals surface area (Å²) in [4.78, 5) is 24.3. The van der Waals surface area contributed by atoms with E-state index in [1.807, 2.05) is 6.92 Å². The van der Waals surface area contributed by atoms with Crippen LogP contribution >= 0.6 is 0 Å². The van der Waals surface area contributed by atoms with Gasteiger partial charge in [0, 0.05) is 19.1 Å². The maximum absolute atomic E-state index is 12.1. The van der Waals surface area contributed by atoms with Crippen LogP contribution in [0.4, 0.5) is 4.79 Å². The first-order chi connectivity index (χ1) is 9.04. The normalized spacial score (nSPS) is 23.5. The lowest BCUT2D eigenvalue weighted by molar-refractivity contribution is -0.137. The highest BCUT2D eigenvalue weighted by Crippen LogP contribution is 2.23. The smallest absolute Gasteiger partial charge is 0.317 e. The fourth-order valence-corrected chi connectivity index (χ4v) is 2.59. The molecule has 2 amide bonds. The fourth-order valence-electron chi connectivity index (χ4n) is 2.59. The summed E-state index contributed by atoms with van der Waals surface area (Å²) in [6.07, 6.45) is 5.84. The van der Waals surface area contributed by atoms with Crippen molar-refractivity contribution in [2.45, 2.75) is 58.4 Å². The Morgan fingerprint density at radius 1 is 1.26 bits per heavy atom. The molecule has 1 saturated carbocycles. The zero-order valence-electron chi connectivity index (χ0n) is 12.0. The quantitative estimate of drug-likeness (QED) is 0.754. The van der Waals surface area contributed by atoms with Crippen LogP contribution in [0.15, 0.2) is 0 Å². The predicted molar refractivity (Wildman–Crippen MR) is 74.1 cm³/mol. The van der Waals surface area contributed by atoms with E-state index in [2.05, 4.69) is 12.2 Å². The molecule has 2 N–H and O–H groups in total. The number of hydrogen-bond donors (Lipinski definition) is 2. The van der Waals surface area contributed by atoms with Gasteiger partial charge in [0.15, 0.2) is 0 Å². The molecule has 0 aromatic heterocycles. The number of carboxylic acid groups (broad SMARTS) is 1. The summed E-state index contributed by atoms with van der Waals surface area (Å²) < 4.78 is 0. The van der Waals surface area contributed by atoms with E-state index in [4.69, 9.17) is 5.11 Å². The molecular formula is C14H26N2O3. The molecule has 1 fully saturated rings. The van der Waals surface area contributed by atoms with Gasteiger partial charge in [0.05, 0.1) is 6.42 Å². The van der Waals surface area contributed by atoms with Gasteiger partial charge in [-0.1, -0.05) is 26.2 Å². The molecule has 0 aromatic rings. The van der Waals surface area contributed by atoms with Gasteiger partial charge in [0.2, 0.25) is 0 Å². The van der Waals surface area contributed by atoms with Crippen LogP contribution in [0.25, 0.3) is 0 Å². The summed E-state index contributed by atoms with van der Waals surface area (Å²) >= 11 is 0. The fraction of sp³-hybridized carbons (Fsp3) is 0.857. The molecule has 19 heavy (non-hydrogen) atoms. The van der Waals surface area contributed by atoms with Gasteiger partial charge in [-0.15, -0.1) is 0 Å². The summed E-state index contributed by atoms with van der Waals surface area (Å²) in [5.74, 6) is -0.362. The number of nitrogens with one attached hydrogen (secondary N) is 1. The van der Waals surface area contributed by atoms with Crippen molar-refractivity contribution >= 4 is 12.0 Å². The average molecular weight is 270 g/mol. The lowest BCUT2D eigenvalue weighted by Crippen LogP contribution is -2.47. The van der Waals surface area contributed by atoms with Crippen LogP contribution in [0.1, 0.15) is 52.4 Å². The first-order valence-electron chi connectivity index (χ1n) is 7.31. The van der Waals surface area contributed by atoms with E-state index in [0.29, 0.717) is 12.5 Å². The van der Waals surface area contributed by atoms with Crippen molar-refractivity contribution < 1.29 is 14.7 Å². The Morgan fingerprint density at radius 3 is 2.58 bits per heavy atom. The average Bonchev–Trinajstić information content (AvgIpc) is 2.55. The summed E-state index contributed by atoms with van der Waals surface area (Å²) in [7, 11) is 0. The van der Waals surface area contributed by atoms with Crippen LogP contribution in [0.5, 0.6) is 0 Å². The zero-order chi connectivity index (χ0) is 14.3. The van der Waals surface area contributed by atoms with Gasteiger partial charge in [0.1, 0.15) is 0 Å². The second kappa shape index (κ2) is 8.02. The second-order valence-electron chi connectivity index (χ2n) is 5.39. The van der Waals surface area contributed by atoms with Crippen LogP contribution in [0, 0.1) is 5.92 Å². The van der Waals surface area contributed by atoms with E-state index in [1.165, 1.54) is 12.8 Å².